The minimum Gasteiger partial charge on any atom is -0.302 e. The summed E-state index contributed by atoms with van der Waals surface area (Å²) in [6.07, 6.45) is 4.98. The van der Waals surface area contributed by atoms with Gasteiger partial charge in [-0.05, 0) is 71.3 Å². The molecule has 1 aromatic heterocycles. The molecule has 1 aliphatic rings. The first kappa shape index (κ1) is 19.1. The van der Waals surface area contributed by atoms with Crippen molar-refractivity contribution in [1.82, 2.24) is 19.6 Å². The van der Waals surface area contributed by atoms with Crippen LogP contribution in [0.1, 0.15) is 36.2 Å². The van der Waals surface area contributed by atoms with Gasteiger partial charge in [-0.2, -0.15) is 5.10 Å². The molecule has 0 saturated carbocycles. The number of aromatic nitrogens is 2. The lowest BCUT2D eigenvalue weighted by Crippen LogP contribution is -2.47. The van der Waals surface area contributed by atoms with Gasteiger partial charge in [0.1, 0.15) is 0 Å². The van der Waals surface area contributed by atoms with Crippen LogP contribution in [0, 0.1) is 13.8 Å². The first-order valence-electron chi connectivity index (χ1n) is 10.1. The third-order valence-corrected chi connectivity index (χ3v) is 5.65. The van der Waals surface area contributed by atoms with Gasteiger partial charge in [-0.15, -0.1) is 0 Å². The highest BCUT2D eigenvalue weighted by molar-refractivity contribution is 5.14. The zero-order valence-electron chi connectivity index (χ0n) is 16.7. The largest absolute Gasteiger partial charge is 0.302 e. The van der Waals surface area contributed by atoms with E-state index in [0.717, 1.165) is 25.2 Å². The molecule has 1 aliphatic heterocycles. The standard InChI is InChI=1S/C22H34N4/c1-19-17-20(2)26(23-19)15-8-13-24(3)22-11-7-14-25(18-22)16-12-21-9-5-4-6-10-21/h4-6,9-10,17,22H,7-8,11-16,18H2,1-3H3. The number of rotatable bonds is 8. The van der Waals surface area contributed by atoms with E-state index in [0.29, 0.717) is 6.04 Å². The second-order valence-corrected chi connectivity index (χ2v) is 7.82. The average molecular weight is 355 g/mol. The highest BCUT2D eigenvalue weighted by Gasteiger charge is 2.22. The topological polar surface area (TPSA) is 24.3 Å². The first-order chi connectivity index (χ1) is 12.6. The smallest absolute Gasteiger partial charge is 0.0596 e. The van der Waals surface area contributed by atoms with Crippen LogP contribution in [0.5, 0.6) is 0 Å². The molecule has 2 aromatic rings. The van der Waals surface area contributed by atoms with Crippen LogP contribution in [0.25, 0.3) is 0 Å². The summed E-state index contributed by atoms with van der Waals surface area (Å²) in [5, 5.41) is 4.57. The molecule has 0 radical (unpaired) electrons. The lowest BCUT2D eigenvalue weighted by Gasteiger charge is -2.37. The van der Waals surface area contributed by atoms with Crippen LogP contribution in [-0.4, -0.2) is 58.8 Å². The maximum atomic E-state index is 4.57. The number of piperidine rings is 1. The van der Waals surface area contributed by atoms with E-state index in [1.54, 1.807) is 0 Å². The number of hydrogen-bond donors (Lipinski definition) is 0. The predicted octanol–water partition coefficient (Wildman–Crippen LogP) is 3.53. The maximum Gasteiger partial charge on any atom is 0.0596 e. The van der Waals surface area contributed by atoms with Crippen LogP contribution in [0.2, 0.25) is 0 Å². The van der Waals surface area contributed by atoms with Crippen molar-refractivity contribution in [1.29, 1.82) is 0 Å². The van der Waals surface area contributed by atoms with E-state index >= 15 is 0 Å². The summed E-state index contributed by atoms with van der Waals surface area (Å²) in [4.78, 5) is 5.22. The summed E-state index contributed by atoms with van der Waals surface area (Å²) in [5.41, 5.74) is 3.85. The molecule has 26 heavy (non-hydrogen) atoms. The summed E-state index contributed by atoms with van der Waals surface area (Å²) < 4.78 is 2.15. The minimum atomic E-state index is 0.694. The molecule has 1 fully saturated rings. The Morgan fingerprint density at radius 3 is 2.69 bits per heavy atom. The Labute approximate surface area is 158 Å². The van der Waals surface area contributed by atoms with Gasteiger partial charge in [0.15, 0.2) is 0 Å². The molecule has 3 rings (SSSR count). The molecule has 0 spiro atoms. The lowest BCUT2D eigenvalue weighted by atomic mass is 10.0. The minimum absolute atomic E-state index is 0.694. The second kappa shape index (κ2) is 9.33. The Morgan fingerprint density at radius 2 is 1.96 bits per heavy atom. The van der Waals surface area contributed by atoms with Crippen LogP contribution in [-0.2, 0) is 13.0 Å². The molecular formula is C22H34N4. The summed E-state index contributed by atoms with van der Waals surface area (Å²) in [6.45, 7) is 10.0. The molecule has 0 bridgehead atoms. The van der Waals surface area contributed by atoms with E-state index < -0.39 is 0 Å². The number of benzene rings is 1. The zero-order valence-corrected chi connectivity index (χ0v) is 16.7. The molecule has 2 heterocycles. The van der Waals surface area contributed by atoms with Crippen molar-refractivity contribution in [2.24, 2.45) is 0 Å². The Balaban J connectivity index is 1.41. The summed E-state index contributed by atoms with van der Waals surface area (Å²) in [7, 11) is 2.30. The third kappa shape index (κ3) is 5.42. The SMILES string of the molecule is Cc1cc(C)n(CCCN(C)C2CCCN(CCc3ccccc3)C2)n1. The van der Waals surface area contributed by atoms with Gasteiger partial charge in [0.05, 0.1) is 5.69 Å². The van der Waals surface area contributed by atoms with Crippen LogP contribution in [0.4, 0.5) is 0 Å². The zero-order chi connectivity index (χ0) is 18.4. The van der Waals surface area contributed by atoms with Crippen LogP contribution < -0.4 is 0 Å². The molecule has 1 aromatic carbocycles. The van der Waals surface area contributed by atoms with Crippen molar-refractivity contribution >= 4 is 0 Å². The van der Waals surface area contributed by atoms with Crippen LogP contribution in [0.3, 0.4) is 0 Å². The molecule has 0 aliphatic carbocycles. The van der Waals surface area contributed by atoms with Gasteiger partial charge in [-0.3, -0.25) is 4.68 Å². The van der Waals surface area contributed by atoms with Crippen molar-refractivity contribution in [3.63, 3.8) is 0 Å². The molecule has 142 valence electrons. The molecule has 1 atom stereocenters. The van der Waals surface area contributed by atoms with Gasteiger partial charge in [0.25, 0.3) is 0 Å². The molecule has 0 amide bonds. The molecular weight excluding hydrogens is 320 g/mol. The Kier molecular flexibility index (Phi) is 6.86. The van der Waals surface area contributed by atoms with Gasteiger partial charge < -0.3 is 9.80 Å². The Morgan fingerprint density at radius 1 is 1.15 bits per heavy atom. The van der Waals surface area contributed by atoms with E-state index in [4.69, 9.17) is 0 Å². The van der Waals surface area contributed by atoms with Crippen molar-refractivity contribution in [2.45, 2.75) is 52.1 Å². The van der Waals surface area contributed by atoms with Crippen LogP contribution >= 0.6 is 0 Å². The summed E-state index contributed by atoms with van der Waals surface area (Å²) in [6, 6.07) is 13.7. The van der Waals surface area contributed by atoms with Crippen molar-refractivity contribution in [3.05, 3.63) is 53.3 Å². The number of aryl methyl sites for hydroxylation is 3. The van der Waals surface area contributed by atoms with Crippen LogP contribution in [0.15, 0.2) is 36.4 Å². The molecule has 0 N–H and O–H groups in total. The van der Waals surface area contributed by atoms with Crippen molar-refractivity contribution in [3.8, 4) is 0 Å². The number of hydrogen-bond acceptors (Lipinski definition) is 3. The fourth-order valence-electron chi connectivity index (χ4n) is 4.08. The lowest BCUT2D eigenvalue weighted by molar-refractivity contribution is 0.115. The number of likely N-dealkylation sites (tertiary alicyclic amines) is 1. The Hall–Kier alpha value is -1.65. The summed E-state index contributed by atoms with van der Waals surface area (Å²) >= 11 is 0. The first-order valence-corrected chi connectivity index (χ1v) is 10.1. The Bertz CT molecular complexity index is 664. The van der Waals surface area contributed by atoms with Gasteiger partial charge in [-0.25, -0.2) is 0 Å². The molecule has 4 nitrogen and oxygen atoms in total. The highest BCUT2D eigenvalue weighted by Crippen LogP contribution is 2.16. The number of nitrogens with zero attached hydrogens (tertiary/aromatic N) is 4. The average Bonchev–Trinajstić information content (AvgIpc) is 2.98. The van der Waals surface area contributed by atoms with Gasteiger partial charge >= 0.3 is 0 Å². The third-order valence-electron chi connectivity index (χ3n) is 5.65. The van der Waals surface area contributed by atoms with E-state index in [-0.39, 0.29) is 0 Å². The normalized spacial score (nSPS) is 18.5. The van der Waals surface area contributed by atoms with E-state index in [2.05, 4.69) is 76.9 Å². The summed E-state index contributed by atoms with van der Waals surface area (Å²) in [5.74, 6) is 0. The fraction of sp³-hybridized carbons (Fsp3) is 0.591. The van der Waals surface area contributed by atoms with E-state index in [1.165, 1.54) is 50.2 Å². The van der Waals surface area contributed by atoms with E-state index in [9.17, 15) is 0 Å². The molecule has 1 unspecified atom stereocenters. The fourth-order valence-corrected chi connectivity index (χ4v) is 4.08. The predicted molar refractivity (Wildman–Crippen MR) is 109 cm³/mol. The maximum absolute atomic E-state index is 4.57. The molecule has 1 saturated heterocycles. The van der Waals surface area contributed by atoms with Crippen molar-refractivity contribution in [2.75, 3.05) is 33.2 Å². The second-order valence-electron chi connectivity index (χ2n) is 7.82. The molecule has 4 heteroatoms. The number of likely N-dealkylation sites (N-methyl/N-ethyl adjacent to an activating group) is 1. The monoisotopic (exact) mass is 354 g/mol. The van der Waals surface area contributed by atoms with E-state index in [1.807, 2.05) is 0 Å². The van der Waals surface area contributed by atoms with Gasteiger partial charge in [-0.1, -0.05) is 30.3 Å². The van der Waals surface area contributed by atoms with Gasteiger partial charge in [0.2, 0.25) is 0 Å². The van der Waals surface area contributed by atoms with Crippen molar-refractivity contribution < 1.29 is 0 Å². The quantitative estimate of drug-likeness (QED) is 0.725. The highest BCUT2D eigenvalue weighted by atomic mass is 15.3. The van der Waals surface area contributed by atoms with Gasteiger partial charge in [0, 0.05) is 31.4 Å².